The van der Waals surface area contributed by atoms with Gasteiger partial charge in [-0.25, -0.2) is 0 Å². The van der Waals surface area contributed by atoms with Crippen molar-refractivity contribution < 1.29 is 9.53 Å². The van der Waals surface area contributed by atoms with E-state index in [1.807, 2.05) is 24.3 Å². The Bertz CT molecular complexity index is 507. The second kappa shape index (κ2) is 8.71. The van der Waals surface area contributed by atoms with E-state index < -0.39 is 0 Å². The Morgan fingerprint density at radius 3 is 2.90 bits per heavy atom. The number of nitriles is 1. The lowest BCUT2D eigenvalue weighted by Crippen LogP contribution is -2.35. The minimum atomic E-state index is 0.114. The van der Waals surface area contributed by atoms with Gasteiger partial charge in [0.1, 0.15) is 0 Å². The summed E-state index contributed by atoms with van der Waals surface area (Å²) in [5.41, 5.74) is 1.79. The predicted octanol–water partition coefficient (Wildman–Crippen LogP) is 2.33. The Balaban J connectivity index is 1.63. The molecule has 0 radical (unpaired) electrons. The molecule has 1 aromatic rings. The zero-order valence-corrected chi connectivity index (χ0v) is 12.8. The number of ether oxygens (including phenoxy) is 1. The summed E-state index contributed by atoms with van der Waals surface area (Å²) in [7, 11) is 0. The van der Waals surface area contributed by atoms with Crippen LogP contribution < -0.4 is 5.32 Å². The lowest BCUT2D eigenvalue weighted by atomic mass is 10.00. The van der Waals surface area contributed by atoms with Gasteiger partial charge in [0.25, 0.3) is 0 Å². The molecular weight excluding hydrogens is 284 g/mol. The van der Waals surface area contributed by atoms with E-state index >= 15 is 0 Å². The molecule has 0 aliphatic carbocycles. The lowest BCUT2D eigenvalue weighted by molar-refractivity contribution is -0.127. The molecular formula is C16H20N2O2S. The Morgan fingerprint density at radius 1 is 1.38 bits per heavy atom. The van der Waals surface area contributed by atoms with Gasteiger partial charge in [0.2, 0.25) is 5.91 Å². The van der Waals surface area contributed by atoms with Crippen LogP contribution >= 0.6 is 11.8 Å². The SMILES string of the molecule is N#Cc1ccccc1CSCCNC(=O)C1CCOCC1. The van der Waals surface area contributed by atoms with Gasteiger partial charge >= 0.3 is 0 Å². The first-order valence-corrected chi connectivity index (χ1v) is 8.38. The number of nitrogens with zero attached hydrogens (tertiary/aromatic N) is 1. The summed E-state index contributed by atoms with van der Waals surface area (Å²) < 4.78 is 5.25. The third-order valence-corrected chi connectivity index (χ3v) is 4.54. The van der Waals surface area contributed by atoms with Crippen molar-refractivity contribution in [3.8, 4) is 6.07 Å². The van der Waals surface area contributed by atoms with Crippen molar-refractivity contribution in [1.29, 1.82) is 5.26 Å². The average molecular weight is 304 g/mol. The normalized spacial score (nSPS) is 15.4. The molecule has 0 saturated carbocycles. The van der Waals surface area contributed by atoms with Crippen LogP contribution in [0.5, 0.6) is 0 Å². The van der Waals surface area contributed by atoms with Crippen molar-refractivity contribution in [2.75, 3.05) is 25.5 Å². The van der Waals surface area contributed by atoms with Crippen LogP contribution in [0.3, 0.4) is 0 Å². The van der Waals surface area contributed by atoms with Gasteiger partial charge in [0, 0.05) is 37.2 Å². The van der Waals surface area contributed by atoms with Crippen molar-refractivity contribution in [1.82, 2.24) is 5.32 Å². The third kappa shape index (κ3) is 5.07. The van der Waals surface area contributed by atoms with Crippen molar-refractivity contribution in [2.45, 2.75) is 18.6 Å². The summed E-state index contributed by atoms with van der Waals surface area (Å²) in [6, 6.07) is 9.84. The largest absolute Gasteiger partial charge is 0.381 e. The van der Waals surface area contributed by atoms with Crippen LogP contribution in [-0.4, -0.2) is 31.4 Å². The Morgan fingerprint density at radius 2 is 2.14 bits per heavy atom. The van der Waals surface area contributed by atoms with Crippen molar-refractivity contribution in [2.24, 2.45) is 5.92 Å². The van der Waals surface area contributed by atoms with Gasteiger partial charge in [0.05, 0.1) is 11.6 Å². The number of carbonyl (C=O) groups is 1. The lowest BCUT2D eigenvalue weighted by Gasteiger charge is -2.21. The topological polar surface area (TPSA) is 62.1 Å². The van der Waals surface area contributed by atoms with Crippen LogP contribution in [0.1, 0.15) is 24.0 Å². The van der Waals surface area contributed by atoms with Gasteiger partial charge in [0.15, 0.2) is 0 Å². The summed E-state index contributed by atoms with van der Waals surface area (Å²) in [5.74, 6) is 1.92. The summed E-state index contributed by atoms with van der Waals surface area (Å²) in [6.07, 6.45) is 1.66. The molecule has 0 atom stereocenters. The molecule has 2 rings (SSSR count). The van der Waals surface area contributed by atoms with E-state index in [0.717, 1.165) is 35.5 Å². The third-order valence-electron chi connectivity index (χ3n) is 3.53. The minimum absolute atomic E-state index is 0.114. The molecule has 0 bridgehead atoms. The predicted molar refractivity (Wildman–Crippen MR) is 83.9 cm³/mol. The van der Waals surface area contributed by atoms with Gasteiger partial charge < -0.3 is 10.1 Å². The van der Waals surface area contributed by atoms with Crippen LogP contribution in [-0.2, 0) is 15.3 Å². The molecule has 1 aliphatic heterocycles. The van der Waals surface area contributed by atoms with Gasteiger partial charge in [-0.15, -0.1) is 0 Å². The second-order valence-corrected chi connectivity index (χ2v) is 6.10. The molecule has 5 heteroatoms. The number of hydrogen-bond donors (Lipinski definition) is 1. The maximum Gasteiger partial charge on any atom is 0.223 e. The van der Waals surface area contributed by atoms with E-state index in [2.05, 4.69) is 11.4 Å². The number of benzene rings is 1. The quantitative estimate of drug-likeness (QED) is 0.819. The van der Waals surface area contributed by atoms with E-state index in [9.17, 15) is 4.79 Å². The molecule has 1 saturated heterocycles. The number of thioether (sulfide) groups is 1. The molecule has 21 heavy (non-hydrogen) atoms. The van der Waals surface area contributed by atoms with Gasteiger partial charge in [-0.1, -0.05) is 18.2 Å². The Labute approximate surface area is 129 Å². The highest BCUT2D eigenvalue weighted by Crippen LogP contribution is 2.16. The first-order chi connectivity index (χ1) is 10.3. The maximum absolute atomic E-state index is 11.9. The fourth-order valence-corrected chi connectivity index (χ4v) is 3.15. The molecule has 0 aromatic heterocycles. The number of amides is 1. The van der Waals surface area contributed by atoms with E-state index in [-0.39, 0.29) is 11.8 Å². The average Bonchev–Trinajstić information content (AvgIpc) is 2.55. The smallest absolute Gasteiger partial charge is 0.223 e. The summed E-state index contributed by atoms with van der Waals surface area (Å²) in [4.78, 5) is 11.9. The Kier molecular flexibility index (Phi) is 6.58. The van der Waals surface area contributed by atoms with Gasteiger partial charge in [-0.3, -0.25) is 4.79 Å². The molecule has 1 heterocycles. The van der Waals surface area contributed by atoms with E-state index in [0.29, 0.717) is 19.8 Å². The zero-order valence-electron chi connectivity index (χ0n) is 12.0. The van der Waals surface area contributed by atoms with Crippen LogP contribution in [0, 0.1) is 17.2 Å². The van der Waals surface area contributed by atoms with Crippen LogP contribution in [0.4, 0.5) is 0 Å². The number of nitrogens with one attached hydrogen (secondary N) is 1. The van der Waals surface area contributed by atoms with Gasteiger partial charge in [-0.2, -0.15) is 17.0 Å². The highest BCUT2D eigenvalue weighted by molar-refractivity contribution is 7.98. The van der Waals surface area contributed by atoms with Crippen LogP contribution in [0.2, 0.25) is 0 Å². The van der Waals surface area contributed by atoms with Crippen molar-refractivity contribution in [3.63, 3.8) is 0 Å². The molecule has 1 fully saturated rings. The van der Waals surface area contributed by atoms with Crippen molar-refractivity contribution >= 4 is 17.7 Å². The van der Waals surface area contributed by atoms with E-state index in [1.54, 1.807) is 11.8 Å². The highest BCUT2D eigenvalue weighted by atomic mass is 32.2. The molecule has 1 N–H and O–H groups in total. The summed E-state index contributed by atoms with van der Waals surface area (Å²) >= 11 is 1.73. The molecule has 4 nitrogen and oxygen atoms in total. The fraction of sp³-hybridized carbons (Fsp3) is 0.500. The summed E-state index contributed by atoms with van der Waals surface area (Å²) in [6.45, 7) is 2.06. The number of carbonyl (C=O) groups excluding carboxylic acids is 1. The van der Waals surface area contributed by atoms with E-state index in [4.69, 9.17) is 10.00 Å². The van der Waals surface area contributed by atoms with Crippen molar-refractivity contribution in [3.05, 3.63) is 35.4 Å². The Hall–Kier alpha value is -1.51. The second-order valence-electron chi connectivity index (χ2n) is 5.00. The number of hydrogen-bond acceptors (Lipinski definition) is 4. The molecule has 1 aromatic carbocycles. The minimum Gasteiger partial charge on any atom is -0.381 e. The molecule has 0 spiro atoms. The molecule has 0 unspecified atom stereocenters. The maximum atomic E-state index is 11.9. The molecule has 112 valence electrons. The number of rotatable bonds is 6. The first-order valence-electron chi connectivity index (χ1n) is 7.22. The van der Waals surface area contributed by atoms with Crippen LogP contribution in [0.15, 0.2) is 24.3 Å². The standard InChI is InChI=1S/C16H20N2O2S/c17-11-14-3-1-2-4-15(14)12-21-10-7-18-16(19)13-5-8-20-9-6-13/h1-4,13H,5-10,12H2,(H,18,19). The van der Waals surface area contributed by atoms with E-state index in [1.165, 1.54) is 0 Å². The molecule has 1 aliphatic rings. The first kappa shape index (κ1) is 15.9. The molecule has 1 amide bonds. The fourth-order valence-electron chi connectivity index (χ4n) is 2.29. The highest BCUT2D eigenvalue weighted by Gasteiger charge is 2.20. The monoisotopic (exact) mass is 304 g/mol. The summed E-state index contributed by atoms with van der Waals surface area (Å²) in [5, 5.41) is 12.0. The zero-order chi connectivity index (χ0) is 14.9. The van der Waals surface area contributed by atoms with Crippen LogP contribution in [0.25, 0.3) is 0 Å². The van der Waals surface area contributed by atoms with Gasteiger partial charge in [-0.05, 0) is 24.5 Å².